The van der Waals surface area contributed by atoms with Gasteiger partial charge in [-0.1, -0.05) is 0 Å². The number of likely N-dealkylation sites (tertiary alicyclic amines) is 1. The largest absolute Gasteiger partial charge is 0.373 e. The van der Waals surface area contributed by atoms with Crippen LogP contribution in [0.25, 0.3) is 0 Å². The number of nitrogens with one attached hydrogen (secondary N) is 2. The fourth-order valence-corrected chi connectivity index (χ4v) is 2.11. The lowest BCUT2D eigenvalue weighted by atomic mass is 10.1. The monoisotopic (exact) mass is 262 g/mol. The number of carbonyl (C=O) groups is 2. The van der Waals surface area contributed by atoms with Gasteiger partial charge < -0.3 is 15.5 Å². The third kappa shape index (κ3) is 3.21. The molecule has 1 aliphatic heterocycles. The standard InChI is InChI=1S/C13H18N4O2/c1-14-11-7-9(5-6-15-11)13(19)16-10-3-4-12(18)17(2)8-10/h5-7,10H,3-4,8H2,1-2H3,(H,14,15)(H,16,19). The van der Waals surface area contributed by atoms with E-state index in [1.54, 1.807) is 37.3 Å². The van der Waals surface area contributed by atoms with Crippen molar-refractivity contribution in [1.29, 1.82) is 0 Å². The number of carbonyl (C=O) groups excluding carboxylic acids is 2. The molecule has 0 aromatic carbocycles. The average Bonchev–Trinajstić information content (AvgIpc) is 2.43. The molecule has 0 aliphatic carbocycles. The molecule has 0 radical (unpaired) electrons. The molecule has 6 nitrogen and oxygen atoms in total. The average molecular weight is 262 g/mol. The minimum absolute atomic E-state index is 0.0152. The Labute approximate surface area is 112 Å². The van der Waals surface area contributed by atoms with Gasteiger partial charge in [-0.15, -0.1) is 0 Å². The van der Waals surface area contributed by atoms with Crippen molar-refractivity contribution in [3.05, 3.63) is 23.9 Å². The maximum atomic E-state index is 12.1. The number of aromatic nitrogens is 1. The molecule has 102 valence electrons. The van der Waals surface area contributed by atoms with Crippen LogP contribution in [0.5, 0.6) is 0 Å². The van der Waals surface area contributed by atoms with Crippen molar-refractivity contribution in [3.8, 4) is 0 Å². The van der Waals surface area contributed by atoms with E-state index >= 15 is 0 Å². The summed E-state index contributed by atoms with van der Waals surface area (Å²) >= 11 is 0. The van der Waals surface area contributed by atoms with Gasteiger partial charge in [-0.2, -0.15) is 0 Å². The van der Waals surface area contributed by atoms with Crippen LogP contribution in [0, 0.1) is 0 Å². The maximum Gasteiger partial charge on any atom is 0.251 e. The number of anilines is 1. The molecule has 1 atom stereocenters. The molecule has 2 heterocycles. The second-order valence-corrected chi connectivity index (χ2v) is 4.66. The van der Waals surface area contributed by atoms with Crippen molar-refractivity contribution in [1.82, 2.24) is 15.2 Å². The lowest BCUT2D eigenvalue weighted by Crippen LogP contribution is -2.48. The lowest BCUT2D eigenvalue weighted by Gasteiger charge is -2.30. The minimum atomic E-state index is -0.133. The zero-order chi connectivity index (χ0) is 13.8. The van der Waals surface area contributed by atoms with Gasteiger partial charge in [0, 0.05) is 44.9 Å². The highest BCUT2D eigenvalue weighted by Gasteiger charge is 2.24. The predicted molar refractivity (Wildman–Crippen MR) is 71.9 cm³/mol. The molecule has 0 saturated carbocycles. The Morgan fingerprint density at radius 3 is 3.00 bits per heavy atom. The van der Waals surface area contributed by atoms with Crippen LogP contribution in [0.1, 0.15) is 23.2 Å². The fraction of sp³-hybridized carbons (Fsp3) is 0.462. The number of hydrogen-bond acceptors (Lipinski definition) is 4. The Morgan fingerprint density at radius 2 is 2.32 bits per heavy atom. The highest BCUT2D eigenvalue weighted by atomic mass is 16.2. The van der Waals surface area contributed by atoms with Crippen molar-refractivity contribution >= 4 is 17.6 Å². The third-order valence-electron chi connectivity index (χ3n) is 3.24. The maximum absolute atomic E-state index is 12.1. The highest BCUT2D eigenvalue weighted by molar-refractivity contribution is 5.95. The van der Waals surface area contributed by atoms with Gasteiger partial charge in [0.05, 0.1) is 0 Å². The van der Waals surface area contributed by atoms with Crippen LogP contribution in [0.3, 0.4) is 0 Å². The Hall–Kier alpha value is -2.11. The van der Waals surface area contributed by atoms with E-state index in [4.69, 9.17) is 0 Å². The number of hydrogen-bond donors (Lipinski definition) is 2. The van der Waals surface area contributed by atoms with Gasteiger partial charge >= 0.3 is 0 Å². The molecule has 1 unspecified atom stereocenters. The van der Waals surface area contributed by atoms with Crippen molar-refractivity contribution in [2.75, 3.05) is 26.0 Å². The smallest absolute Gasteiger partial charge is 0.251 e. The van der Waals surface area contributed by atoms with E-state index < -0.39 is 0 Å². The van der Waals surface area contributed by atoms with Crippen LogP contribution in [-0.2, 0) is 4.79 Å². The highest BCUT2D eigenvalue weighted by Crippen LogP contribution is 2.11. The summed E-state index contributed by atoms with van der Waals surface area (Å²) < 4.78 is 0. The van der Waals surface area contributed by atoms with Crippen LogP contribution >= 0.6 is 0 Å². The fourth-order valence-electron chi connectivity index (χ4n) is 2.11. The van der Waals surface area contributed by atoms with Gasteiger partial charge in [0.15, 0.2) is 0 Å². The topological polar surface area (TPSA) is 74.3 Å². The summed E-state index contributed by atoms with van der Waals surface area (Å²) in [6.07, 6.45) is 2.77. The van der Waals surface area contributed by atoms with Crippen molar-refractivity contribution < 1.29 is 9.59 Å². The van der Waals surface area contributed by atoms with Crippen LogP contribution < -0.4 is 10.6 Å². The summed E-state index contributed by atoms with van der Waals surface area (Å²) in [6.45, 7) is 0.564. The molecule has 1 fully saturated rings. The number of rotatable bonds is 3. The van der Waals surface area contributed by atoms with E-state index in [9.17, 15) is 9.59 Å². The summed E-state index contributed by atoms with van der Waals surface area (Å²) in [4.78, 5) is 29.2. The van der Waals surface area contributed by atoms with Crippen molar-refractivity contribution in [2.24, 2.45) is 0 Å². The second kappa shape index (κ2) is 5.69. The number of pyridine rings is 1. The second-order valence-electron chi connectivity index (χ2n) is 4.66. The number of nitrogens with zero attached hydrogens (tertiary/aromatic N) is 2. The van der Waals surface area contributed by atoms with Crippen molar-refractivity contribution in [2.45, 2.75) is 18.9 Å². The van der Waals surface area contributed by atoms with Crippen LogP contribution in [0.4, 0.5) is 5.82 Å². The van der Waals surface area contributed by atoms with E-state index in [2.05, 4.69) is 15.6 Å². The Balaban J connectivity index is 1.99. The Bertz CT molecular complexity index is 489. The summed E-state index contributed by atoms with van der Waals surface area (Å²) in [5, 5.41) is 5.84. The Morgan fingerprint density at radius 1 is 1.53 bits per heavy atom. The molecule has 19 heavy (non-hydrogen) atoms. The molecule has 1 aromatic rings. The van der Waals surface area contributed by atoms with Gasteiger partial charge in [0.25, 0.3) is 5.91 Å². The molecule has 0 bridgehead atoms. The van der Waals surface area contributed by atoms with Gasteiger partial charge in [-0.05, 0) is 18.6 Å². The van der Waals surface area contributed by atoms with Gasteiger partial charge in [0.2, 0.25) is 5.91 Å². The first-order valence-corrected chi connectivity index (χ1v) is 6.29. The molecule has 0 spiro atoms. The first-order chi connectivity index (χ1) is 9.10. The van der Waals surface area contributed by atoms with Gasteiger partial charge in [0.1, 0.15) is 5.82 Å². The minimum Gasteiger partial charge on any atom is -0.373 e. The summed E-state index contributed by atoms with van der Waals surface area (Å²) in [5.41, 5.74) is 0.568. The van der Waals surface area contributed by atoms with Crippen LogP contribution in [0.2, 0.25) is 0 Å². The zero-order valence-corrected chi connectivity index (χ0v) is 11.1. The normalized spacial score (nSPS) is 19.2. The SMILES string of the molecule is CNc1cc(C(=O)NC2CCC(=O)N(C)C2)ccn1. The van der Waals surface area contributed by atoms with Crippen molar-refractivity contribution in [3.63, 3.8) is 0 Å². The summed E-state index contributed by atoms with van der Waals surface area (Å²) in [6, 6.07) is 3.39. The van der Waals surface area contributed by atoms with E-state index in [-0.39, 0.29) is 17.9 Å². The van der Waals surface area contributed by atoms with E-state index in [1.165, 1.54) is 0 Å². The van der Waals surface area contributed by atoms with Gasteiger partial charge in [-0.3, -0.25) is 9.59 Å². The molecule has 1 aliphatic rings. The molecule has 1 saturated heterocycles. The van der Waals surface area contributed by atoms with E-state index in [1.807, 2.05) is 0 Å². The molecule has 6 heteroatoms. The zero-order valence-electron chi connectivity index (χ0n) is 11.1. The Kier molecular flexibility index (Phi) is 3.99. The summed E-state index contributed by atoms with van der Waals surface area (Å²) in [7, 11) is 3.51. The molecule has 2 N–H and O–H groups in total. The third-order valence-corrected chi connectivity index (χ3v) is 3.24. The van der Waals surface area contributed by atoms with E-state index in [0.717, 1.165) is 0 Å². The number of piperidine rings is 1. The quantitative estimate of drug-likeness (QED) is 0.830. The van der Waals surface area contributed by atoms with Gasteiger partial charge in [-0.25, -0.2) is 4.98 Å². The first-order valence-electron chi connectivity index (χ1n) is 6.29. The lowest BCUT2D eigenvalue weighted by molar-refractivity contribution is -0.132. The molecule has 2 rings (SSSR count). The molecule has 1 aromatic heterocycles. The van der Waals surface area contributed by atoms with Crippen LogP contribution in [-0.4, -0.2) is 48.4 Å². The first kappa shape index (κ1) is 13.3. The van der Waals surface area contributed by atoms with E-state index in [0.29, 0.717) is 30.8 Å². The van der Waals surface area contributed by atoms with Crippen LogP contribution in [0.15, 0.2) is 18.3 Å². The predicted octanol–water partition coefficient (Wildman–Crippen LogP) is 0.474. The molecular formula is C13H18N4O2. The number of likely N-dealkylation sites (N-methyl/N-ethyl adjacent to an activating group) is 1. The molecular weight excluding hydrogens is 244 g/mol. The molecule has 2 amide bonds. The number of amides is 2. The summed E-state index contributed by atoms with van der Waals surface area (Å²) in [5.74, 6) is 0.655.